The third-order valence-electron chi connectivity index (χ3n) is 3.87. The highest BCUT2D eigenvalue weighted by Gasteiger charge is 2.19. The number of benzene rings is 2. The smallest absolute Gasteiger partial charge is 0.0681 e. The minimum absolute atomic E-state index is 0.899. The Kier molecular flexibility index (Phi) is 4.30. The van der Waals surface area contributed by atoms with Crippen LogP contribution in [0.1, 0.15) is 36.5 Å². The normalized spacial score (nSPS) is 18.0. The van der Waals surface area contributed by atoms with Crippen molar-refractivity contribution in [2.24, 2.45) is 4.99 Å². The average molecular weight is 275 g/mol. The first-order valence-electron chi connectivity index (χ1n) is 7.77. The Bertz CT molecular complexity index is 665. The highest BCUT2D eigenvalue weighted by molar-refractivity contribution is 6.16. The SMILES string of the molecule is CCCN=C1/C(=C/c2ccccc2)CCc2ccccc21. The van der Waals surface area contributed by atoms with Crippen LogP contribution in [-0.4, -0.2) is 12.3 Å². The predicted molar refractivity (Wildman–Crippen MR) is 90.9 cm³/mol. The monoisotopic (exact) mass is 275 g/mol. The Labute approximate surface area is 127 Å². The van der Waals surface area contributed by atoms with Gasteiger partial charge in [0.15, 0.2) is 0 Å². The summed E-state index contributed by atoms with van der Waals surface area (Å²) in [5, 5.41) is 0. The summed E-state index contributed by atoms with van der Waals surface area (Å²) in [6.45, 7) is 3.08. The van der Waals surface area contributed by atoms with Crippen LogP contribution < -0.4 is 0 Å². The number of hydrogen-bond donors (Lipinski definition) is 0. The minimum Gasteiger partial charge on any atom is -0.284 e. The molecule has 0 heterocycles. The molecule has 21 heavy (non-hydrogen) atoms. The molecule has 0 atom stereocenters. The van der Waals surface area contributed by atoms with Crippen LogP contribution in [0.25, 0.3) is 6.08 Å². The van der Waals surface area contributed by atoms with Crippen molar-refractivity contribution in [3.8, 4) is 0 Å². The summed E-state index contributed by atoms with van der Waals surface area (Å²) in [4.78, 5) is 4.87. The molecule has 0 saturated heterocycles. The molecule has 0 radical (unpaired) electrons. The van der Waals surface area contributed by atoms with Gasteiger partial charge < -0.3 is 0 Å². The van der Waals surface area contributed by atoms with Gasteiger partial charge in [0.25, 0.3) is 0 Å². The average Bonchev–Trinajstić information content (AvgIpc) is 2.55. The molecule has 0 fully saturated rings. The van der Waals surface area contributed by atoms with E-state index in [1.54, 1.807) is 0 Å². The molecule has 3 rings (SSSR count). The molecule has 0 bridgehead atoms. The Balaban J connectivity index is 2.03. The molecule has 0 aromatic heterocycles. The minimum atomic E-state index is 0.899. The molecule has 2 aromatic carbocycles. The Morgan fingerprint density at radius 3 is 2.52 bits per heavy atom. The molecule has 0 unspecified atom stereocenters. The van der Waals surface area contributed by atoms with E-state index in [-0.39, 0.29) is 0 Å². The van der Waals surface area contributed by atoms with Crippen molar-refractivity contribution in [1.82, 2.24) is 0 Å². The van der Waals surface area contributed by atoms with E-state index in [0.29, 0.717) is 0 Å². The number of fused-ring (bicyclic) bond motifs is 1. The zero-order valence-corrected chi connectivity index (χ0v) is 12.5. The van der Waals surface area contributed by atoms with Crippen molar-refractivity contribution >= 4 is 11.8 Å². The maximum atomic E-state index is 4.87. The third-order valence-corrected chi connectivity index (χ3v) is 3.87. The molecule has 0 amide bonds. The van der Waals surface area contributed by atoms with Crippen LogP contribution >= 0.6 is 0 Å². The molecule has 0 saturated carbocycles. The second kappa shape index (κ2) is 6.53. The number of nitrogens with zero attached hydrogens (tertiary/aromatic N) is 1. The molecule has 106 valence electrons. The fourth-order valence-corrected chi connectivity index (χ4v) is 2.83. The Hall–Kier alpha value is -2.15. The van der Waals surface area contributed by atoms with Crippen LogP contribution in [0.15, 0.2) is 65.2 Å². The summed E-state index contributed by atoms with van der Waals surface area (Å²) in [5.74, 6) is 0. The second-order valence-corrected chi connectivity index (χ2v) is 5.47. The third kappa shape index (κ3) is 3.13. The second-order valence-electron chi connectivity index (χ2n) is 5.47. The summed E-state index contributed by atoms with van der Waals surface area (Å²) >= 11 is 0. The van der Waals surface area contributed by atoms with Crippen LogP contribution in [0.3, 0.4) is 0 Å². The van der Waals surface area contributed by atoms with E-state index in [1.165, 1.54) is 28.0 Å². The van der Waals surface area contributed by atoms with Crippen LogP contribution in [0.5, 0.6) is 0 Å². The zero-order valence-electron chi connectivity index (χ0n) is 12.5. The predicted octanol–water partition coefficient (Wildman–Crippen LogP) is 4.92. The van der Waals surface area contributed by atoms with Gasteiger partial charge in [-0.2, -0.15) is 0 Å². The lowest BCUT2D eigenvalue weighted by Crippen LogP contribution is -2.15. The molecule has 0 aliphatic heterocycles. The fraction of sp³-hybridized carbons (Fsp3) is 0.250. The molecule has 1 heteroatoms. The van der Waals surface area contributed by atoms with Gasteiger partial charge in [0.2, 0.25) is 0 Å². The molecular formula is C20H21N. The highest BCUT2D eigenvalue weighted by Crippen LogP contribution is 2.27. The number of aryl methyl sites for hydroxylation is 1. The molecule has 1 aliphatic carbocycles. The van der Waals surface area contributed by atoms with Crippen molar-refractivity contribution < 1.29 is 0 Å². The molecular weight excluding hydrogens is 254 g/mol. The van der Waals surface area contributed by atoms with Gasteiger partial charge in [-0.1, -0.05) is 61.5 Å². The van der Waals surface area contributed by atoms with Crippen LogP contribution in [-0.2, 0) is 6.42 Å². The van der Waals surface area contributed by atoms with Gasteiger partial charge in [0, 0.05) is 12.1 Å². The standard InChI is InChI=1S/C20H21N/c1-2-14-21-20-18(15-16-8-4-3-5-9-16)13-12-17-10-6-7-11-19(17)20/h3-11,15H,2,12-14H2,1H3/b18-15+,21-20?. The van der Waals surface area contributed by atoms with E-state index < -0.39 is 0 Å². The van der Waals surface area contributed by atoms with E-state index in [4.69, 9.17) is 4.99 Å². The molecule has 0 N–H and O–H groups in total. The van der Waals surface area contributed by atoms with E-state index in [1.807, 2.05) is 0 Å². The van der Waals surface area contributed by atoms with Gasteiger partial charge in [-0.05, 0) is 42.0 Å². The Morgan fingerprint density at radius 2 is 1.71 bits per heavy atom. The summed E-state index contributed by atoms with van der Waals surface area (Å²) in [6, 6.07) is 19.2. The molecule has 2 aromatic rings. The van der Waals surface area contributed by atoms with E-state index in [2.05, 4.69) is 67.6 Å². The maximum absolute atomic E-state index is 4.87. The van der Waals surface area contributed by atoms with Gasteiger partial charge in [-0.15, -0.1) is 0 Å². The van der Waals surface area contributed by atoms with Gasteiger partial charge in [-0.25, -0.2) is 0 Å². The quantitative estimate of drug-likeness (QED) is 0.754. The van der Waals surface area contributed by atoms with Crippen LogP contribution in [0, 0.1) is 0 Å². The first-order chi connectivity index (χ1) is 10.4. The number of hydrogen-bond acceptors (Lipinski definition) is 1. The summed E-state index contributed by atoms with van der Waals surface area (Å²) in [6.07, 6.45) is 5.57. The molecule has 0 spiro atoms. The largest absolute Gasteiger partial charge is 0.284 e. The fourth-order valence-electron chi connectivity index (χ4n) is 2.83. The lowest BCUT2D eigenvalue weighted by molar-refractivity contribution is 0.911. The van der Waals surface area contributed by atoms with Crippen molar-refractivity contribution in [1.29, 1.82) is 0 Å². The first kappa shape index (κ1) is 13.8. The first-order valence-corrected chi connectivity index (χ1v) is 7.77. The summed E-state index contributed by atoms with van der Waals surface area (Å²) in [5.41, 5.74) is 6.57. The summed E-state index contributed by atoms with van der Waals surface area (Å²) in [7, 11) is 0. The van der Waals surface area contributed by atoms with Crippen molar-refractivity contribution in [3.63, 3.8) is 0 Å². The number of rotatable bonds is 3. The lowest BCUT2D eigenvalue weighted by Gasteiger charge is -2.21. The van der Waals surface area contributed by atoms with Gasteiger partial charge in [0.1, 0.15) is 0 Å². The maximum Gasteiger partial charge on any atom is 0.0681 e. The van der Waals surface area contributed by atoms with Gasteiger partial charge in [0.05, 0.1) is 5.71 Å². The Morgan fingerprint density at radius 1 is 0.952 bits per heavy atom. The molecule has 1 aliphatic rings. The highest BCUT2D eigenvalue weighted by atomic mass is 14.7. The van der Waals surface area contributed by atoms with Crippen molar-refractivity contribution in [2.45, 2.75) is 26.2 Å². The van der Waals surface area contributed by atoms with Crippen LogP contribution in [0.4, 0.5) is 0 Å². The number of aliphatic imine (C=N–C) groups is 1. The zero-order chi connectivity index (χ0) is 14.5. The summed E-state index contributed by atoms with van der Waals surface area (Å²) < 4.78 is 0. The van der Waals surface area contributed by atoms with Crippen molar-refractivity contribution in [2.75, 3.05) is 6.54 Å². The van der Waals surface area contributed by atoms with E-state index in [0.717, 1.165) is 25.8 Å². The lowest BCUT2D eigenvalue weighted by atomic mass is 9.85. The van der Waals surface area contributed by atoms with Crippen molar-refractivity contribution in [3.05, 3.63) is 76.9 Å². The topological polar surface area (TPSA) is 12.4 Å². The number of allylic oxidation sites excluding steroid dienone is 1. The molecule has 1 nitrogen and oxygen atoms in total. The van der Waals surface area contributed by atoms with Gasteiger partial charge in [-0.3, -0.25) is 4.99 Å². The van der Waals surface area contributed by atoms with Crippen LogP contribution in [0.2, 0.25) is 0 Å². The van der Waals surface area contributed by atoms with E-state index in [9.17, 15) is 0 Å². The van der Waals surface area contributed by atoms with Gasteiger partial charge >= 0.3 is 0 Å². The van der Waals surface area contributed by atoms with E-state index >= 15 is 0 Å².